The van der Waals surface area contributed by atoms with Crippen LogP contribution in [0.3, 0.4) is 0 Å². The first-order valence-corrected chi connectivity index (χ1v) is 10.8. The number of rotatable bonds is 5. The molecule has 1 aromatic carbocycles. The second-order valence-corrected chi connectivity index (χ2v) is 10.9. The Kier molecular flexibility index (Phi) is 7.21. The predicted molar refractivity (Wildman–Crippen MR) is 123 cm³/mol. The summed E-state index contributed by atoms with van der Waals surface area (Å²) >= 11 is 0. The van der Waals surface area contributed by atoms with Crippen molar-refractivity contribution in [1.29, 1.82) is 0 Å². The number of hydrogen-bond acceptors (Lipinski definition) is 8. The second kappa shape index (κ2) is 9.08. The van der Waals surface area contributed by atoms with Gasteiger partial charge in [0.2, 0.25) is 5.88 Å². The Labute approximate surface area is 195 Å². The number of nitrogens with one attached hydrogen (secondary N) is 1. The molecule has 1 unspecified atom stereocenters. The van der Waals surface area contributed by atoms with Crippen molar-refractivity contribution in [3.63, 3.8) is 0 Å². The van der Waals surface area contributed by atoms with Crippen molar-refractivity contribution >= 4 is 18.2 Å². The molecule has 1 N–H and O–H groups in total. The molecule has 0 fully saturated rings. The molecular weight excluding hydrogens is 426 g/mol. The molecule has 33 heavy (non-hydrogen) atoms. The van der Waals surface area contributed by atoms with Crippen LogP contribution in [0, 0.1) is 0 Å². The lowest BCUT2D eigenvalue weighted by Crippen LogP contribution is -2.43. The highest BCUT2D eigenvalue weighted by molar-refractivity contribution is 6.01. The topological polar surface area (TPSA) is 100 Å². The van der Waals surface area contributed by atoms with Gasteiger partial charge in [-0.15, -0.1) is 0 Å². The molecule has 1 heterocycles. The number of aldehydes is 1. The standard InChI is InChI=1S/C25H35NO7/c1-23(2,3)26-20-18(22(29)33-25(7,8)9)17(21(28)32-24(4,5)6)16-12-15(30-10)11-14(13-27)19(16)31-20/h11-13,17,26H,1-10H3. The van der Waals surface area contributed by atoms with Gasteiger partial charge >= 0.3 is 11.9 Å². The summed E-state index contributed by atoms with van der Waals surface area (Å²) in [5.41, 5.74) is -1.75. The first-order valence-electron chi connectivity index (χ1n) is 10.8. The Morgan fingerprint density at radius 1 is 0.970 bits per heavy atom. The molecule has 8 heteroatoms. The number of carbonyl (C=O) groups is 3. The molecule has 0 bridgehead atoms. The van der Waals surface area contributed by atoms with Crippen LogP contribution in [0.2, 0.25) is 0 Å². The SMILES string of the molecule is COc1cc(C=O)c2c(c1)C(C(=O)OC(C)(C)C)C(C(=O)OC(C)(C)C)=C(NC(C)(C)C)O2. The third-order valence-corrected chi connectivity index (χ3v) is 4.28. The third kappa shape index (κ3) is 6.73. The van der Waals surface area contributed by atoms with Crippen LogP contribution in [-0.4, -0.2) is 42.1 Å². The summed E-state index contributed by atoms with van der Waals surface area (Å²) in [5.74, 6) is -2.09. The van der Waals surface area contributed by atoms with Crippen molar-refractivity contribution in [1.82, 2.24) is 5.32 Å². The quantitative estimate of drug-likeness (QED) is 0.513. The van der Waals surface area contributed by atoms with E-state index in [1.807, 2.05) is 20.8 Å². The Balaban J connectivity index is 2.85. The fourth-order valence-electron chi connectivity index (χ4n) is 3.21. The van der Waals surface area contributed by atoms with Crippen LogP contribution >= 0.6 is 0 Å². The molecule has 0 aliphatic carbocycles. The van der Waals surface area contributed by atoms with Crippen LogP contribution in [0.25, 0.3) is 0 Å². The molecule has 1 aromatic rings. The van der Waals surface area contributed by atoms with Crippen molar-refractivity contribution in [3.05, 3.63) is 34.7 Å². The largest absolute Gasteiger partial charge is 0.497 e. The monoisotopic (exact) mass is 461 g/mol. The van der Waals surface area contributed by atoms with E-state index >= 15 is 0 Å². The summed E-state index contributed by atoms with van der Waals surface area (Å²) in [5, 5.41) is 3.14. The normalized spacial score (nSPS) is 16.4. The number of ether oxygens (including phenoxy) is 4. The molecule has 0 saturated carbocycles. The van der Waals surface area contributed by atoms with E-state index in [1.165, 1.54) is 13.2 Å². The van der Waals surface area contributed by atoms with Gasteiger partial charge in [0.15, 0.2) is 6.29 Å². The van der Waals surface area contributed by atoms with Crippen LogP contribution in [0.5, 0.6) is 11.5 Å². The van der Waals surface area contributed by atoms with Crippen LogP contribution in [0.4, 0.5) is 0 Å². The van der Waals surface area contributed by atoms with Crippen molar-refractivity contribution in [3.8, 4) is 11.5 Å². The molecule has 2 rings (SSSR count). The highest BCUT2D eigenvalue weighted by Crippen LogP contribution is 2.44. The average molecular weight is 462 g/mol. The zero-order valence-electron chi connectivity index (χ0n) is 21.2. The lowest BCUT2D eigenvalue weighted by Gasteiger charge is -2.35. The molecule has 1 atom stereocenters. The van der Waals surface area contributed by atoms with E-state index in [2.05, 4.69) is 5.32 Å². The van der Waals surface area contributed by atoms with Gasteiger partial charge in [0.25, 0.3) is 0 Å². The van der Waals surface area contributed by atoms with Gasteiger partial charge in [0.05, 0.1) is 12.7 Å². The van der Waals surface area contributed by atoms with Gasteiger partial charge in [-0.2, -0.15) is 0 Å². The minimum absolute atomic E-state index is 0.0355. The highest BCUT2D eigenvalue weighted by atomic mass is 16.6. The van der Waals surface area contributed by atoms with E-state index in [0.29, 0.717) is 12.0 Å². The number of carbonyl (C=O) groups excluding carboxylic acids is 3. The molecule has 8 nitrogen and oxygen atoms in total. The molecule has 0 radical (unpaired) electrons. The first-order chi connectivity index (χ1) is 15.0. The summed E-state index contributed by atoms with van der Waals surface area (Å²) in [4.78, 5) is 38.8. The number of esters is 2. The van der Waals surface area contributed by atoms with Gasteiger partial charge in [-0.1, -0.05) is 0 Å². The number of hydrogen-bond donors (Lipinski definition) is 1. The number of benzene rings is 1. The van der Waals surface area contributed by atoms with E-state index in [-0.39, 0.29) is 28.3 Å². The smallest absolute Gasteiger partial charge is 0.341 e. The fraction of sp³-hybridized carbons (Fsp3) is 0.560. The molecule has 0 saturated heterocycles. The minimum atomic E-state index is -1.21. The highest BCUT2D eigenvalue weighted by Gasteiger charge is 2.44. The second-order valence-electron chi connectivity index (χ2n) is 10.9. The summed E-state index contributed by atoms with van der Waals surface area (Å²) in [7, 11) is 1.44. The summed E-state index contributed by atoms with van der Waals surface area (Å²) < 4.78 is 22.7. The third-order valence-electron chi connectivity index (χ3n) is 4.28. The van der Waals surface area contributed by atoms with Gasteiger partial charge < -0.3 is 24.3 Å². The van der Waals surface area contributed by atoms with Gasteiger partial charge in [-0.3, -0.25) is 9.59 Å². The maximum Gasteiger partial charge on any atom is 0.341 e. The molecule has 0 spiro atoms. The van der Waals surface area contributed by atoms with Gasteiger partial charge in [0.1, 0.15) is 34.2 Å². The molecular formula is C25H35NO7. The minimum Gasteiger partial charge on any atom is -0.497 e. The van der Waals surface area contributed by atoms with Crippen molar-refractivity contribution in [2.24, 2.45) is 0 Å². The summed E-state index contributed by atoms with van der Waals surface area (Å²) in [6.45, 7) is 16.0. The lowest BCUT2D eigenvalue weighted by atomic mass is 9.86. The fourth-order valence-corrected chi connectivity index (χ4v) is 3.21. The van der Waals surface area contributed by atoms with Crippen LogP contribution in [-0.2, 0) is 19.1 Å². The van der Waals surface area contributed by atoms with E-state index < -0.39 is 34.6 Å². The number of fused-ring (bicyclic) bond motifs is 1. The maximum absolute atomic E-state index is 13.5. The van der Waals surface area contributed by atoms with Crippen LogP contribution in [0.15, 0.2) is 23.6 Å². The van der Waals surface area contributed by atoms with E-state index in [9.17, 15) is 14.4 Å². The average Bonchev–Trinajstić information content (AvgIpc) is 2.61. The summed E-state index contributed by atoms with van der Waals surface area (Å²) in [6, 6.07) is 3.07. The van der Waals surface area contributed by atoms with Gasteiger partial charge in [-0.25, -0.2) is 4.79 Å². The first kappa shape index (κ1) is 26.2. The maximum atomic E-state index is 13.5. The van der Waals surface area contributed by atoms with E-state index in [4.69, 9.17) is 18.9 Å². The number of methoxy groups -OCH3 is 1. The zero-order chi connectivity index (χ0) is 25.4. The zero-order valence-corrected chi connectivity index (χ0v) is 21.2. The van der Waals surface area contributed by atoms with Crippen molar-refractivity contribution in [2.45, 2.75) is 85.0 Å². The molecule has 1 aliphatic rings. The predicted octanol–water partition coefficient (Wildman–Crippen LogP) is 4.27. The molecule has 182 valence electrons. The molecule has 1 aliphatic heterocycles. The van der Waals surface area contributed by atoms with Crippen LogP contribution < -0.4 is 14.8 Å². The Morgan fingerprint density at radius 2 is 1.55 bits per heavy atom. The van der Waals surface area contributed by atoms with Gasteiger partial charge in [-0.05, 0) is 74.4 Å². The van der Waals surface area contributed by atoms with Crippen LogP contribution in [0.1, 0.15) is 84.2 Å². The molecule has 0 amide bonds. The van der Waals surface area contributed by atoms with Gasteiger partial charge in [0, 0.05) is 11.1 Å². The van der Waals surface area contributed by atoms with E-state index in [1.54, 1.807) is 47.6 Å². The summed E-state index contributed by atoms with van der Waals surface area (Å²) in [6.07, 6.45) is 0.612. The van der Waals surface area contributed by atoms with Crippen molar-refractivity contribution < 1.29 is 33.3 Å². The Morgan fingerprint density at radius 3 is 2.00 bits per heavy atom. The van der Waals surface area contributed by atoms with E-state index in [0.717, 1.165) is 0 Å². The lowest BCUT2D eigenvalue weighted by molar-refractivity contribution is -0.160. The Hall–Kier alpha value is -3.03. The van der Waals surface area contributed by atoms with Crippen molar-refractivity contribution in [2.75, 3.05) is 7.11 Å². The Bertz CT molecular complexity index is 972. The molecule has 0 aromatic heterocycles.